The molecular weight excluding hydrogens is 230 g/mol. The van der Waals surface area contributed by atoms with Gasteiger partial charge in [-0.2, -0.15) is 0 Å². The second-order valence-corrected chi connectivity index (χ2v) is 5.06. The number of carbonyl (C=O) groups is 1. The fourth-order valence-electron chi connectivity index (χ4n) is 2.68. The smallest absolute Gasteiger partial charge is 0.372 e. The maximum atomic E-state index is 11.0. The summed E-state index contributed by atoms with van der Waals surface area (Å²) in [6.45, 7) is 5.05. The molecule has 2 heterocycles. The van der Waals surface area contributed by atoms with Gasteiger partial charge in [0.25, 0.3) is 0 Å². The molecule has 1 aliphatic rings. The molecule has 1 saturated heterocycles. The van der Waals surface area contributed by atoms with Crippen LogP contribution in [0.3, 0.4) is 0 Å². The van der Waals surface area contributed by atoms with Crippen molar-refractivity contribution in [3.8, 4) is 0 Å². The number of carboxylic acids is 1. The largest absolute Gasteiger partial charge is 0.475 e. The molecule has 1 N–H and O–H groups in total. The van der Waals surface area contributed by atoms with Crippen molar-refractivity contribution in [2.75, 3.05) is 13.1 Å². The normalized spacial score (nSPS) is 21.7. The topological polar surface area (TPSA) is 53.7 Å². The number of hydrogen-bond acceptors (Lipinski definition) is 3. The lowest BCUT2D eigenvalue weighted by Gasteiger charge is -2.19. The third-order valence-electron chi connectivity index (χ3n) is 3.85. The van der Waals surface area contributed by atoms with Gasteiger partial charge in [-0.3, -0.25) is 4.90 Å². The van der Waals surface area contributed by atoms with Crippen molar-refractivity contribution in [2.24, 2.45) is 5.92 Å². The van der Waals surface area contributed by atoms with E-state index in [1.807, 2.05) is 0 Å². The van der Waals surface area contributed by atoms with Gasteiger partial charge in [-0.1, -0.05) is 13.3 Å². The van der Waals surface area contributed by atoms with Crippen molar-refractivity contribution in [3.63, 3.8) is 0 Å². The molecule has 1 atom stereocenters. The van der Waals surface area contributed by atoms with Crippen LogP contribution in [-0.2, 0) is 6.54 Å². The number of likely N-dealkylation sites (tertiary alicyclic amines) is 1. The van der Waals surface area contributed by atoms with E-state index < -0.39 is 5.97 Å². The molecule has 1 aromatic heterocycles. The van der Waals surface area contributed by atoms with Crippen LogP contribution in [0.4, 0.5) is 0 Å². The van der Waals surface area contributed by atoms with Crippen LogP contribution in [-0.4, -0.2) is 29.1 Å². The number of hydrogen-bond donors (Lipinski definition) is 1. The van der Waals surface area contributed by atoms with Crippen LogP contribution in [0.2, 0.25) is 0 Å². The Bertz CT molecular complexity index is 399. The summed E-state index contributed by atoms with van der Waals surface area (Å²) in [5.41, 5.74) is 0.789. The van der Waals surface area contributed by atoms with E-state index in [0.29, 0.717) is 6.54 Å². The molecule has 1 aromatic rings. The van der Waals surface area contributed by atoms with Crippen molar-refractivity contribution in [2.45, 2.75) is 39.2 Å². The van der Waals surface area contributed by atoms with Gasteiger partial charge in [0.15, 0.2) is 0 Å². The van der Waals surface area contributed by atoms with Gasteiger partial charge in [0, 0.05) is 12.1 Å². The van der Waals surface area contributed by atoms with E-state index in [1.54, 1.807) is 6.07 Å². The highest BCUT2D eigenvalue weighted by Gasteiger charge is 2.19. The predicted octanol–water partition coefficient (Wildman–Crippen LogP) is 2.99. The fourth-order valence-corrected chi connectivity index (χ4v) is 2.68. The number of nitrogens with zero attached hydrogens (tertiary/aromatic N) is 1. The van der Waals surface area contributed by atoms with Crippen molar-refractivity contribution in [1.82, 2.24) is 4.90 Å². The average Bonchev–Trinajstić information content (AvgIpc) is 2.69. The molecule has 2 rings (SSSR count). The van der Waals surface area contributed by atoms with E-state index in [2.05, 4.69) is 11.8 Å². The Balaban J connectivity index is 1.96. The molecule has 1 fully saturated rings. The first kappa shape index (κ1) is 13.1. The number of carboxylic acid groups (broad SMARTS) is 1. The Labute approximate surface area is 108 Å². The fraction of sp³-hybridized carbons (Fsp3) is 0.643. The van der Waals surface area contributed by atoms with Crippen LogP contribution in [0.25, 0.3) is 0 Å². The third-order valence-corrected chi connectivity index (χ3v) is 3.85. The molecule has 0 aliphatic carbocycles. The molecule has 100 valence electrons. The summed E-state index contributed by atoms with van der Waals surface area (Å²) in [7, 11) is 0. The zero-order valence-corrected chi connectivity index (χ0v) is 10.9. The van der Waals surface area contributed by atoms with Gasteiger partial charge in [-0.15, -0.1) is 0 Å². The molecular formula is C14H21NO3. The van der Waals surface area contributed by atoms with Crippen LogP contribution in [0.15, 0.2) is 16.7 Å². The predicted molar refractivity (Wildman–Crippen MR) is 68.6 cm³/mol. The third kappa shape index (κ3) is 3.13. The highest BCUT2D eigenvalue weighted by molar-refractivity contribution is 5.86. The summed E-state index contributed by atoms with van der Waals surface area (Å²) in [4.78, 5) is 13.3. The summed E-state index contributed by atoms with van der Waals surface area (Å²) in [6, 6.07) is 1.77. The Morgan fingerprint density at radius 2 is 2.33 bits per heavy atom. The van der Waals surface area contributed by atoms with Crippen molar-refractivity contribution in [3.05, 3.63) is 23.7 Å². The minimum atomic E-state index is -0.976. The molecule has 0 aromatic carbocycles. The van der Waals surface area contributed by atoms with Crippen LogP contribution in [0.5, 0.6) is 0 Å². The summed E-state index contributed by atoms with van der Waals surface area (Å²) in [6.07, 6.45) is 6.44. The van der Waals surface area contributed by atoms with Gasteiger partial charge >= 0.3 is 5.97 Å². The highest BCUT2D eigenvalue weighted by Crippen LogP contribution is 2.22. The van der Waals surface area contributed by atoms with Crippen molar-refractivity contribution in [1.29, 1.82) is 0 Å². The first-order valence-electron chi connectivity index (χ1n) is 6.72. The number of furan rings is 1. The molecule has 0 amide bonds. The summed E-state index contributed by atoms with van der Waals surface area (Å²) >= 11 is 0. The average molecular weight is 251 g/mol. The van der Waals surface area contributed by atoms with E-state index in [0.717, 1.165) is 24.6 Å². The molecule has 0 radical (unpaired) electrons. The summed E-state index contributed by atoms with van der Waals surface area (Å²) in [5, 5.41) is 9.01. The Morgan fingerprint density at radius 3 is 3.06 bits per heavy atom. The molecule has 1 unspecified atom stereocenters. The minimum absolute atomic E-state index is 0.0892. The van der Waals surface area contributed by atoms with Gasteiger partial charge in [0.2, 0.25) is 5.76 Å². The Morgan fingerprint density at radius 1 is 1.50 bits per heavy atom. The van der Waals surface area contributed by atoms with E-state index >= 15 is 0 Å². The number of rotatable bonds is 4. The SMILES string of the molecule is CCC1CCCN(Cc2ccoc2C(=O)O)CC1. The van der Waals surface area contributed by atoms with Crippen LogP contribution in [0.1, 0.15) is 48.7 Å². The minimum Gasteiger partial charge on any atom is -0.475 e. The standard InChI is InChI=1S/C14H21NO3/c1-2-11-4-3-7-15(8-5-11)10-12-6-9-18-13(12)14(16)17/h6,9,11H,2-5,7-8,10H2,1H3,(H,16,17). The zero-order chi connectivity index (χ0) is 13.0. The van der Waals surface area contributed by atoms with Crippen LogP contribution >= 0.6 is 0 Å². The molecule has 0 bridgehead atoms. The van der Waals surface area contributed by atoms with E-state index in [4.69, 9.17) is 9.52 Å². The highest BCUT2D eigenvalue weighted by atomic mass is 16.4. The zero-order valence-electron chi connectivity index (χ0n) is 10.9. The van der Waals surface area contributed by atoms with Gasteiger partial charge in [0.1, 0.15) is 0 Å². The number of aromatic carboxylic acids is 1. The maximum absolute atomic E-state index is 11.0. The van der Waals surface area contributed by atoms with Crippen LogP contribution in [0, 0.1) is 5.92 Å². The second-order valence-electron chi connectivity index (χ2n) is 5.06. The molecule has 0 saturated carbocycles. The van der Waals surface area contributed by atoms with Gasteiger partial charge in [-0.25, -0.2) is 4.79 Å². The molecule has 0 spiro atoms. The molecule has 18 heavy (non-hydrogen) atoms. The summed E-state index contributed by atoms with van der Waals surface area (Å²) < 4.78 is 5.01. The lowest BCUT2D eigenvalue weighted by Crippen LogP contribution is -2.24. The Hall–Kier alpha value is -1.29. The molecule has 1 aliphatic heterocycles. The van der Waals surface area contributed by atoms with Crippen molar-refractivity contribution < 1.29 is 14.3 Å². The quantitative estimate of drug-likeness (QED) is 0.893. The monoisotopic (exact) mass is 251 g/mol. The lowest BCUT2D eigenvalue weighted by molar-refractivity contribution is 0.0659. The Kier molecular flexibility index (Phi) is 4.42. The van der Waals surface area contributed by atoms with Crippen molar-refractivity contribution >= 4 is 5.97 Å². The maximum Gasteiger partial charge on any atom is 0.372 e. The first-order chi connectivity index (χ1) is 8.70. The van der Waals surface area contributed by atoms with Crippen LogP contribution < -0.4 is 0 Å². The van der Waals surface area contributed by atoms with Gasteiger partial charge < -0.3 is 9.52 Å². The second kappa shape index (κ2) is 6.05. The van der Waals surface area contributed by atoms with Gasteiger partial charge in [-0.05, 0) is 44.3 Å². The molecule has 4 nitrogen and oxygen atoms in total. The first-order valence-corrected chi connectivity index (χ1v) is 6.72. The van der Waals surface area contributed by atoms with E-state index in [1.165, 1.54) is 31.9 Å². The van der Waals surface area contributed by atoms with Gasteiger partial charge in [0.05, 0.1) is 6.26 Å². The van der Waals surface area contributed by atoms with E-state index in [-0.39, 0.29) is 5.76 Å². The summed E-state index contributed by atoms with van der Waals surface area (Å²) in [5.74, 6) is -0.0548. The van der Waals surface area contributed by atoms with E-state index in [9.17, 15) is 4.79 Å². The molecule has 4 heteroatoms. The lowest BCUT2D eigenvalue weighted by atomic mass is 9.98.